The molecule has 0 rings (SSSR count). The van der Waals surface area contributed by atoms with Crippen LogP contribution in [0.15, 0.2) is 24.9 Å². The maximum absolute atomic E-state index is 4.15. The van der Waals surface area contributed by atoms with Gasteiger partial charge in [0, 0.05) is 6.54 Å². The summed E-state index contributed by atoms with van der Waals surface area (Å²) in [6, 6.07) is 0. The summed E-state index contributed by atoms with van der Waals surface area (Å²) in [5, 5.41) is 3.13. The van der Waals surface area contributed by atoms with Crippen molar-refractivity contribution in [3.05, 3.63) is 24.9 Å². The molecule has 1 nitrogen and oxygen atoms in total. The van der Waals surface area contributed by atoms with Gasteiger partial charge in [-0.15, -0.1) is 0 Å². The molecule has 1 heteroatoms. The van der Waals surface area contributed by atoms with Crippen molar-refractivity contribution >= 4 is 0 Å². The number of hydrogen-bond donors (Lipinski definition) is 1. The predicted molar refractivity (Wildman–Crippen MR) is 60.6 cm³/mol. The molecule has 0 amide bonds. The highest BCUT2D eigenvalue weighted by molar-refractivity contribution is 5.03. The molecule has 76 valence electrons. The van der Waals surface area contributed by atoms with E-state index in [4.69, 9.17) is 0 Å². The Kier molecular flexibility index (Phi) is 6.38. The summed E-state index contributed by atoms with van der Waals surface area (Å²) in [6.45, 7) is 15.4. The Morgan fingerprint density at radius 2 is 2.08 bits per heavy atom. The fourth-order valence-electron chi connectivity index (χ4n) is 1.48. The second kappa shape index (κ2) is 6.76. The number of hydrogen-bond acceptors (Lipinski definition) is 1. The minimum atomic E-state index is 0.605. The van der Waals surface area contributed by atoms with E-state index in [9.17, 15) is 0 Å². The van der Waals surface area contributed by atoms with Crippen LogP contribution in [0.2, 0.25) is 0 Å². The van der Waals surface area contributed by atoms with Crippen LogP contribution in [0.1, 0.15) is 33.6 Å². The van der Waals surface area contributed by atoms with E-state index in [-0.39, 0.29) is 0 Å². The average molecular weight is 181 g/mol. The molecule has 0 saturated heterocycles. The Morgan fingerprint density at radius 3 is 2.46 bits per heavy atom. The van der Waals surface area contributed by atoms with Gasteiger partial charge >= 0.3 is 0 Å². The van der Waals surface area contributed by atoms with Crippen LogP contribution in [0.25, 0.3) is 0 Å². The van der Waals surface area contributed by atoms with Crippen molar-refractivity contribution in [2.45, 2.75) is 33.6 Å². The predicted octanol–water partition coefficient (Wildman–Crippen LogP) is 3.35. The SMILES string of the molecule is C=CNCCC(CC)C(=C)C(C)C. The Morgan fingerprint density at radius 1 is 1.46 bits per heavy atom. The van der Waals surface area contributed by atoms with E-state index in [1.54, 1.807) is 6.20 Å². The van der Waals surface area contributed by atoms with Crippen LogP contribution in [-0.4, -0.2) is 6.54 Å². The smallest absolute Gasteiger partial charge is 0.0146 e. The first kappa shape index (κ1) is 12.3. The molecule has 0 bridgehead atoms. The lowest BCUT2D eigenvalue weighted by Gasteiger charge is -2.20. The quantitative estimate of drug-likeness (QED) is 0.469. The molecule has 0 aromatic carbocycles. The molecule has 1 atom stereocenters. The third-order valence-corrected chi connectivity index (χ3v) is 2.54. The maximum atomic E-state index is 4.15. The lowest BCUT2D eigenvalue weighted by atomic mass is 9.87. The highest BCUT2D eigenvalue weighted by atomic mass is 14.8. The van der Waals surface area contributed by atoms with Gasteiger partial charge in [0.25, 0.3) is 0 Å². The molecule has 1 N–H and O–H groups in total. The summed E-state index contributed by atoms with van der Waals surface area (Å²) in [7, 11) is 0. The van der Waals surface area contributed by atoms with Crippen molar-refractivity contribution in [2.24, 2.45) is 11.8 Å². The van der Waals surface area contributed by atoms with Gasteiger partial charge in [-0.05, 0) is 30.9 Å². The van der Waals surface area contributed by atoms with Crippen LogP contribution in [-0.2, 0) is 0 Å². The van der Waals surface area contributed by atoms with E-state index < -0.39 is 0 Å². The minimum absolute atomic E-state index is 0.605. The molecule has 0 spiro atoms. The standard InChI is InChI=1S/C12H23N/c1-6-12(8-9-13-7-2)11(5)10(3)4/h7,10,12-13H,2,5-6,8-9H2,1,3-4H3. The molecule has 0 aromatic heterocycles. The van der Waals surface area contributed by atoms with Crippen LogP contribution >= 0.6 is 0 Å². The van der Waals surface area contributed by atoms with Gasteiger partial charge in [0.15, 0.2) is 0 Å². The van der Waals surface area contributed by atoms with E-state index in [1.165, 1.54) is 18.4 Å². The van der Waals surface area contributed by atoms with Crippen molar-refractivity contribution in [2.75, 3.05) is 6.54 Å². The molecular weight excluding hydrogens is 158 g/mol. The Balaban J connectivity index is 3.87. The summed E-state index contributed by atoms with van der Waals surface area (Å²) < 4.78 is 0. The molecule has 1 unspecified atom stereocenters. The molecule has 0 saturated carbocycles. The van der Waals surface area contributed by atoms with Gasteiger partial charge in [0.1, 0.15) is 0 Å². The first-order valence-electron chi connectivity index (χ1n) is 5.16. The molecule has 0 heterocycles. The summed E-state index contributed by atoms with van der Waals surface area (Å²) in [5.74, 6) is 1.26. The van der Waals surface area contributed by atoms with Crippen LogP contribution in [0.5, 0.6) is 0 Å². The normalized spacial score (nSPS) is 12.6. The van der Waals surface area contributed by atoms with Crippen LogP contribution < -0.4 is 5.32 Å². The first-order valence-corrected chi connectivity index (χ1v) is 5.16. The molecule has 0 aliphatic heterocycles. The summed E-state index contributed by atoms with van der Waals surface area (Å²) in [4.78, 5) is 0. The topological polar surface area (TPSA) is 12.0 Å². The lowest BCUT2D eigenvalue weighted by molar-refractivity contribution is 0.488. The zero-order valence-corrected chi connectivity index (χ0v) is 9.27. The fourth-order valence-corrected chi connectivity index (χ4v) is 1.48. The Bertz CT molecular complexity index is 159. The second-order valence-corrected chi connectivity index (χ2v) is 3.78. The van der Waals surface area contributed by atoms with E-state index in [2.05, 4.69) is 39.2 Å². The average Bonchev–Trinajstić information content (AvgIpc) is 2.11. The Hall–Kier alpha value is -0.720. The van der Waals surface area contributed by atoms with Crippen molar-refractivity contribution in [1.29, 1.82) is 0 Å². The fraction of sp³-hybridized carbons (Fsp3) is 0.667. The van der Waals surface area contributed by atoms with Gasteiger partial charge in [-0.25, -0.2) is 0 Å². The highest BCUT2D eigenvalue weighted by Crippen LogP contribution is 2.23. The third kappa shape index (κ3) is 4.76. The van der Waals surface area contributed by atoms with Gasteiger partial charge in [0.2, 0.25) is 0 Å². The highest BCUT2D eigenvalue weighted by Gasteiger charge is 2.12. The largest absolute Gasteiger partial charge is 0.391 e. The second-order valence-electron chi connectivity index (χ2n) is 3.78. The molecule has 0 radical (unpaired) electrons. The van der Waals surface area contributed by atoms with E-state index in [0.29, 0.717) is 11.8 Å². The van der Waals surface area contributed by atoms with Crippen molar-refractivity contribution in [3.63, 3.8) is 0 Å². The minimum Gasteiger partial charge on any atom is -0.391 e. The van der Waals surface area contributed by atoms with Crippen LogP contribution in [0.4, 0.5) is 0 Å². The number of allylic oxidation sites excluding steroid dienone is 1. The first-order chi connectivity index (χ1) is 6.13. The van der Waals surface area contributed by atoms with E-state index in [1.807, 2.05) is 0 Å². The van der Waals surface area contributed by atoms with Gasteiger partial charge in [-0.1, -0.05) is 39.5 Å². The molecule has 0 aliphatic rings. The molecular formula is C12H23N. The zero-order valence-electron chi connectivity index (χ0n) is 9.27. The van der Waals surface area contributed by atoms with Gasteiger partial charge in [0.05, 0.1) is 0 Å². The number of rotatable bonds is 7. The van der Waals surface area contributed by atoms with E-state index >= 15 is 0 Å². The summed E-state index contributed by atoms with van der Waals surface area (Å²) in [5.41, 5.74) is 1.38. The molecule has 13 heavy (non-hydrogen) atoms. The van der Waals surface area contributed by atoms with Crippen LogP contribution in [0, 0.1) is 11.8 Å². The Labute approximate surface area is 82.9 Å². The monoisotopic (exact) mass is 181 g/mol. The van der Waals surface area contributed by atoms with Crippen molar-refractivity contribution < 1.29 is 0 Å². The molecule has 0 aromatic rings. The molecule has 0 fully saturated rings. The van der Waals surface area contributed by atoms with Crippen molar-refractivity contribution in [1.82, 2.24) is 5.32 Å². The summed E-state index contributed by atoms with van der Waals surface area (Å²) in [6.07, 6.45) is 4.11. The summed E-state index contributed by atoms with van der Waals surface area (Å²) >= 11 is 0. The lowest BCUT2D eigenvalue weighted by Crippen LogP contribution is -2.15. The van der Waals surface area contributed by atoms with Gasteiger partial charge < -0.3 is 5.32 Å². The zero-order chi connectivity index (χ0) is 10.3. The van der Waals surface area contributed by atoms with Gasteiger partial charge in [-0.2, -0.15) is 0 Å². The third-order valence-electron chi connectivity index (χ3n) is 2.54. The van der Waals surface area contributed by atoms with E-state index in [0.717, 1.165) is 6.54 Å². The van der Waals surface area contributed by atoms with Crippen LogP contribution in [0.3, 0.4) is 0 Å². The maximum Gasteiger partial charge on any atom is 0.0146 e. The van der Waals surface area contributed by atoms with Crippen molar-refractivity contribution in [3.8, 4) is 0 Å². The van der Waals surface area contributed by atoms with Gasteiger partial charge in [-0.3, -0.25) is 0 Å². The number of nitrogens with one attached hydrogen (secondary N) is 1. The molecule has 0 aliphatic carbocycles.